The summed E-state index contributed by atoms with van der Waals surface area (Å²) in [5, 5.41) is 11.3. The van der Waals surface area contributed by atoms with Crippen molar-refractivity contribution in [3.63, 3.8) is 0 Å². The zero-order chi connectivity index (χ0) is 8.97. The summed E-state index contributed by atoms with van der Waals surface area (Å²) in [7, 11) is 0. The maximum Gasteiger partial charge on any atom is 0.320 e. The molecule has 1 atom stereocenters. The fourth-order valence-corrected chi connectivity index (χ4v) is 0.732. The van der Waals surface area contributed by atoms with Gasteiger partial charge in [0.25, 0.3) is 0 Å². The average Bonchev–Trinajstić information content (AvgIpc) is 2.51. The number of aliphatic carboxylic acids is 1. The summed E-state index contributed by atoms with van der Waals surface area (Å²) < 4.78 is 0. The highest BCUT2D eigenvalue weighted by molar-refractivity contribution is 5.72. The Kier molecular flexibility index (Phi) is 2.82. The highest BCUT2D eigenvalue weighted by Crippen LogP contribution is 1.91. The number of aromatic amines is 1. The van der Waals surface area contributed by atoms with Crippen molar-refractivity contribution in [2.45, 2.75) is 19.5 Å². The second-order valence-electron chi connectivity index (χ2n) is 2.52. The minimum atomic E-state index is -0.852. The molecule has 0 unspecified atom stereocenters. The fourth-order valence-electron chi connectivity index (χ4n) is 0.732. The Morgan fingerprint density at radius 2 is 2.67 bits per heavy atom. The number of carboxylic acids is 1. The van der Waals surface area contributed by atoms with Crippen LogP contribution in [0.4, 0.5) is 0 Å². The molecule has 0 aliphatic heterocycles. The third-order valence-corrected chi connectivity index (χ3v) is 1.52. The van der Waals surface area contributed by atoms with Gasteiger partial charge in [-0.1, -0.05) is 0 Å². The Labute approximate surface area is 69.8 Å². The lowest BCUT2D eigenvalue weighted by atomic mass is 10.3. The van der Waals surface area contributed by atoms with Crippen molar-refractivity contribution >= 4 is 5.97 Å². The maximum absolute atomic E-state index is 10.4. The summed E-state index contributed by atoms with van der Waals surface area (Å²) in [5.41, 5.74) is 0.878. The molecular formula is C7H11N3O2. The zero-order valence-electron chi connectivity index (χ0n) is 6.74. The minimum Gasteiger partial charge on any atom is -0.480 e. The quantitative estimate of drug-likeness (QED) is 0.591. The van der Waals surface area contributed by atoms with Gasteiger partial charge in [-0.15, -0.1) is 0 Å². The second-order valence-corrected chi connectivity index (χ2v) is 2.52. The predicted molar refractivity (Wildman–Crippen MR) is 42.5 cm³/mol. The first-order chi connectivity index (χ1) is 5.70. The van der Waals surface area contributed by atoms with E-state index in [9.17, 15) is 4.79 Å². The second kappa shape index (κ2) is 3.87. The van der Waals surface area contributed by atoms with Gasteiger partial charge in [0.05, 0.1) is 6.33 Å². The van der Waals surface area contributed by atoms with E-state index in [2.05, 4.69) is 15.3 Å². The first kappa shape index (κ1) is 8.73. The molecule has 0 aromatic carbocycles. The number of nitrogens with zero attached hydrogens (tertiary/aromatic N) is 1. The molecule has 1 aromatic rings. The standard InChI is InChI=1S/C7H11N3O2/c1-5(7(11)12)9-3-6-2-8-4-10-6/h2,4-5,9H,3H2,1H3,(H,8,10)(H,11,12)/t5-/m0/s1. The van der Waals surface area contributed by atoms with Crippen LogP contribution in [-0.2, 0) is 11.3 Å². The summed E-state index contributed by atoms with van der Waals surface area (Å²) in [5.74, 6) is -0.852. The van der Waals surface area contributed by atoms with E-state index in [1.165, 1.54) is 0 Å². The third-order valence-electron chi connectivity index (χ3n) is 1.52. The van der Waals surface area contributed by atoms with Crippen molar-refractivity contribution in [3.05, 3.63) is 18.2 Å². The van der Waals surface area contributed by atoms with E-state index in [1.54, 1.807) is 19.4 Å². The minimum absolute atomic E-state index is 0.494. The number of H-pyrrole nitrogens is 1. The van der Waals surface area contributed by atoms with E-state index in [4.69, 9.17) is 5.11 Å². The molecule has 0 radical (unpaired) electrons. The number of hydrogen-bond acceptors (Lipinski definition) is 3. The van der Waals surface area contributed by atoms with Gasteiger partial charge in [0.15, 0.2) is 0 Å². The number of rotatable bonds is 4. The van der Waals surface area contributed by atoms with Crippen LogP contribution in [0.3, 0.4) is 0 Å². The SMILES string of the molecule is C[C@H](NCc1cnc[nH]1)C(=O)O. The first-order valence-corrected chi connectivity index (χ1v) is 3.63. The number of aromatic nitrogens is 2. The van der Waals surface area contributed by atoms with E-state index in [1.807, 2.05) is 0 Å². The summed E-state index contributed by atoms with van der Waals surface area (Å²) in [6.07, 6.45) is 3.21. The van der Waals surface area contributed by atoms with Crippen molar-refractivity contribution in [3.8, 4) is 0 Å². The Bertz CT molecular complexity index is 245. The van der Waals surface area contributed by atoms with E-state index in [0.717, 1.165) is 5.69 Å². The first-order valence-electron chi connectivity index (χ1n) is 3.63. The van der Waals surface area contributed by atoms with Crippen LogP contribution < -0.4 is 5.32 Å². The van der Waals surface area contributed by atoms with E-state index >= 15 is 0 Å². The van der Waals surface area contributed by atoms with Crippen LogP contribution in [0, 0.1) is 0 Å². The topological polar surface area (TPSA) is 78.0 Å². The molecule has 0 fully saturated rings. The molecule has 1 aromatic heterocycles. The Morgan fingerprint density at radius 3 is 3.17 bits per heavy atom. The summed E-state index contributed by atoms with van der Waals surface area (Å²) in [4.78, 5) is 17.0. The summed E-state index contributed by atoms with van der Waals surface area (Å²) in [6.45, 7) is 2.09. The lowest BCUT2D eigenvalue weighted by molar-refractivity contribution is -0.139. The van der Waals surface area contributed by atoms with E-state index < -0.39 is 12.0 Å². The molecule has 1 heterocycles. The smallest absolute Gasteiger partial charge is 0.320 e. The van der Waals surface area contributed by atoms with Gasteiger partial charge in [0.2, 0.25) is 0 Å². The maximum atomic E-state index is 10.4. The average molecular weight is 169 g/mol. The summed E-state index contributed by atoms with van der Waals surface area (Å²) in [6, 6.07) is -0.534. The number of nitrogens with one attached hydrogen (secondary N) is 2. The molecule has 0 bridgehead atoms. The molecule has 0 saturated heterocycles. The van der Waals surface area contributed by atoms with Gasteiger partial charge in [-0.3, -0.25) is 10.1 Å². The molecule has 66 valence electrons. The molecule has 5 heteroatoms. The van der Waals surface area contributed by atoms with Crippen molar-refractivity contribution in [2.24, 2.45) is 0 Å². The molecular weight excluding hydrogens is 158 g/mol. The van der Waals surface area contributed by atoms with Gasteiger partial charge in [0.1, 0.15) is 6.04 Å². The number of hydrogen-bond donors (Lipinski definition) is 3. The third kappa shape index (κ3) is 2.35. The van der Waals surface area contributed by atoms with Gasteiger partial charge in [-0.2, -0.15) is 0 Å². The zero-order valence-corrected chi connectivity index (χ0v) is 6.74. The Balaban J connectivity index is 2.31. The van der Waals surface area contributed by atoms with Crippen LogP contribution in [0.25, 0.3) is 0 Å². The monoisotopic (exact) mass is 169 g/mol. The normalized spacial score (nSPS) is 12.8. The Morgan fingerprint density at radius 1 is 1.92 bits per heavy atom. The highest BCUT2D eigenvalue weighted by Gasteiger charge is 2.08. The fraction of sp³-hybridized carbons (Fsp3) is 0.429. The molecule has 0 aliphatic rings. The lowest BCUT2D eigenvalue weighted by Gasteiger charge is -2.06. The van der Waals surface area contributed by atoms with Gasteiger partial charge < -0.3 is 10.1 Å². The molecule has 12 heavy (non-hydrogen) atoms. The van der Waals surface area contributed by atoms with E-state index in [0.29, 0.717) is 6.54 Å². The van der Waals surface area contributed by atoms with Crippen LogP contribution >= 0.6 is 0 Å². The van der Waals surface area contributed by atoms with Crippen LogP contribution in [0.2, 0.25) is 0 Å². The molecule has 0 amide bonds. The van der Waals surface area contributed by atoms with Gasteiger partial charge >= 0.3 is 5.97 Å². The number of imidazole rings is 1. The van der Waals surface area contributed by atoms with Crippen LogP contribution in [0.1, 0.15) is 12.6 Å². The van der Waals surface area contributed by atoms with E-state index in [-0.39, 0.29) is 0 Å². The van der Waals surface area contributed by atoms with Crippen LogP contribution in [0.15, 0.2) is 12.5 Å². The number of carboxylic acid groups (broad SMARTS) is 1. The van der Waals surface area contributed by atoms with Crippen LogP contribution in [-0.4, -0.2) is 27.1 Å². The largest absolute Gasteiger partial charge is 0.480 e. The van der Waals surface area contributed by atoms with Gasteiger partial charge in [-0.05, 0) is 6.92 Å². The highest BCUT2D eigenvalue weighted by atomic mass is 16.4. The summed E-state index contributed by atoms with van der Waals surface area (Å²) >= 11 is 0. The van der Waals surface area contributed by atoms with Crippen LogP contribution in [0.5, 0.6) is 0 Å². The number of carbonyl (C=O) groups is 1. The van der Waals surface area contributed by atoms with Crippen molar-refractivity contribution in [2.75, 3.05) is 0 Å². The molecule has 1 rings (SSSR count). The molecule has 0 aliphatic carbocycles. The predicted octanol–water partition coefficient (Wildman–Crippen LogP) is -0.0276. The van der Waals surface area contributed by atoms with Gasteiger partial charge in [0, 0.05) is 18.4 Å². The Hall–Kier alpha value is -1.36. The van der Waals surface area contributed by atoms with Crippen molar-refractivity contribution in [1.29, 1.82) is 0 Å². The molecule has 3 N–H and O–H groups in total. The molecule has 0 saturated carbocycles. The van der Waals surface area contributed by atoms with Crippen molar-refractivity contribution in [1.82, 2.24) is 15.3 Å². The van der Waals surface area contributed by atoms with Crippen molar-refractivity contribution < 1.29 is 9.90 Å². The lowest BCUT2D eigenvalue weighted by Crippen LogP contribution is -2.33. The molecule has 5 nitrogen and oxygen atoms in total. The van der Waals surface area contributed by atoms with Gasteiger partial charge in [-0.25, -0.2) is 4.98 Å². The molecule has 0 spiro atoms.